The average Bonchev–Trinajstić information content (AvgIpc) is 3.09. The fourth-order valence-electron chi connectivity index (χ4n) is 3.91. The molecule has 0 atom stereocenters. The van der Waals surface area contributed by atoms with Crippen LogP contribution in [0.5, 0.6) is 5.75 Å². The third-order valence-corrected chi connectivity index (χ3v) is 5.64. The van der Waals surface area contributed by atoms with E-state index in [0.29, 0.717) is 35.6 Å². The van der Waals surface area contributed by atoms with E-state index >= 15 is 0 Å². The van der Waals surface area contributed by atoms with Gasteiger partial charge in [-0.1, -0.05) is 6.07 Å². The maximum absolute atomic E-state index is 12.6. The predicted molar refractivity (Wildman–Crippen MR) is 110 cm³/mol. The summed E-state index contributed by atoms with van der Waals surface area (Å²) in [6.07, 6.45) is -1.64. The van der Waals surface area contributed by atoms with Gasteiger partial charge in [-0.25, -0.2) is 4.68 Å². The van der Waals surface area contributed by atoms with Crippen LogP contribution in [0.25, 0.3) is 16.7 Å². The molecule has 4 rings (SSSR count). The topological polar surface area (TPSA) is 76.3 Å². The lowest BCUT2D eigenvalue weighted by atomic mass is 9.83. The number of aromatic nitrogens is 4. The summed E-state index contributed by atoms with van der Waals surface area (Å²) in [5, 5.41) is 15.2. The van der Waals surface area contributed by atoms with E-state index in [4.69, 9.17) is 11.6 Å². The van der Waals surface area contributed by atoms with Crippen molar-refractivity contribution in [2.24, 2.45) is 5.92 Å². The van der Waals surface area contributed by atoms with Gasteiger partial charge in [0, 0.05) is 19.2 Å². The van der Waals surface area contributed by atoms with Crippen LogP contribution in [0.4, 0.5) is 19.0 Å². The molecule has 1 N–H and O–H groups in total. The molecule has 0 aliphatic carbocycles. The molecule has 0 spiro atoms. The maximum atomic E-state index is 12.6. The second-order valence-corrected chi connectivity index (χ2v) is 8.41. The number of hydrogen-bond donors (Lipinski definition) is 1. The van der Waals surface area contributed by atoms with Crippen LogP contribution in [-0.2, 0) is 0 Å². The second kappa shape index (κ2) is 7.83. The summed E-state index contributed by atoms with van der Waals surface area (Å²) < 4.78 is 43.1. The monoisotopic (exact) mass is 455 g/mol. The molecule has 1 aromatic carbocycles. The molecular weight excluding hydrogens is 435 g/mol. The molecule has 3 aromatic rings. The Balaban J connectivity index is 1.68. The smallest absolute Gasteiger partial charge is 0.406 e. The van der Waals surface area contributed by atoms with Gasteiger partial charge in [0.05, 0.1) is 22.9 Å². The Morgan fingerprint density at radius 3 is 2.52 bits per heavy atom. The third kappa shape index (κ3) is 4.69. The van der Waals surface area contributed by atoms with Gasteiger partial charge in [0.15, 0.2) is 5.65 Å². The van der Waals surface area contributed by atoms with Gasteiger partial charge in [0.25, 0.3) is 0 Å². The SMILES string of the molecule is CC(C)(O)C1CCN(c2nc(Cl)nc3c2cnn3-c2cccc(OC(F)(F)F)c2)CC1. The van der Waals surface area contributed by atoms with Gasteiger partial charge in [-0.3, -0.25) is 0 Å². The van der Waals surface area contributed by atoms with Gasteiger partial charge in [-0.05, 0) is 56.3 Å². The van der Waals surface area contributed by atoms with Gasteiger partial charge in [0.1, 0.15) is 11.6 Å². The zero-order valence-electron chi connectivity index (χ0n) is 16.9. The molecule has 7 nitrogen and oxygen atoms in total. The molecular formula is C20H21ClF3N5O2. The van der Waals surface area contributed by atoms with E-state index in [1.807, 2.05) is 13.8 Å². The molecule has 0 amide bonds. The van der Waals surface area contributed by atoms with E-state index in [2.05, 4.69) is 24.7 Å². The molecule has 11 heteroatoms. The van der Waals surface area contributed by atoms with Crippen LogP contribution in [0.1, 0.15) is 26.7 Å². The molecule has 1 saturated heterocycles. The molecule has 0 radical (unpaired) electrons. The zero-order chi connectivity index (χ0) is 22.4. The lowest BCUT2D eigenvalue weighted by Crippen LogP contribution is -2.42. The molecule has 166 valence electrons. The highest BCUT2D eigenvalue weighted by Crippen LogP contribution is 2.34. The van der Waals surface area contributed by atoms with E-state index in [1.165, 1.54) is 22.9 Å². The third-order valence-electron chi connectivity index (χ3n) is 5.47. The fraction of sp³-hybridized carbons (Fsp3) is 0.450. The second-order valence-electron chi connectivity index (χ2n) is 8.07. The van der Waals surface area contributed by atoms with Crippen molar-refractivity contribution >= 4 is 28.5 Å². The first-order chi connectivity index (χ1) is 14.5. The summed E-state index contributed by atoms with van der Waals surface area (Å²) in [4.78, 5) is 10.7. The Morgan fingerprint density at radius 2 is 1.87 bits per heavy atom. The van der Waals surface area contributed by atoms with Gasteiger partial charge in [-0.2, -0.15) is 15.1 Å². The molecule has 0 unspecified atom stereocenters. The minimum absolute atomic E-state index is 0.0107. The fourth-order valence-corrected chi connectivity index (χ4v) is 4.07. The van der Waals surface area contributed by atoms with Crippen molar-refractivity contribution in [3.8, 4) is 11.4 Å². The number of aliphatic hydroxyl groups is 1. The summed E-state index contributed by atoms with van der Waals surface area (Å²) in [5.74, 6) is 0.427. The number of rotatable bonds is 4. The minimum atomic E-state index is -4.79. The van der Waals surface area contributed by atoms with Crippen molar-refractivity contribution in [2.75, 3.05) is 18.0 Å². The first-order valence-electron chi connectivity index (χ1n) is 9.76. The Labute approximate surface area is 181 Å². The number of piperidine rings is 1. The van der Waals surface area contributed by atoms with Crippen LogP contribution in [0, 0.1) is 5.92 Å². The predicted octanol–water partition coefficient (Wildman–Crippen LogP) is 4.35. The van der Waals surface area contributed by atoms with Crippen molar-refractivity contribution in [3.05, 3.63) is 35.7 Å². The lowest BCUT2D eigenvalue weighted by molar-refractivity contribution is -0.274. The summed E-state index contributed by atoms with van der Waals surface area (Å²) >= 11 is 6.18. The maximum Gasteiger partial charge on any atom is 0.573 e. The largest absolute Gasteiger partial charge is 0.573 e. The Kier molecular flexibility index (Phi) is 5.47. The Bertz CT molecular complexity index is 1090. The number of hydrogen-bond acceptors (Lipinski definition) is 6. The van der Waals surface area contributed by atoms with Crippen molar-refractivity contribution in [3.63, 3.8) is 0 Å². The van der Waals surface area contributed by atoms with Crippen LogP contribution in [-0.4, -0.2) is 49.9 Å². The summed E-state index contributed by atoms with van der Waals surface area (Å²) in [6, 6.07) is 5.47. The standard InChI is InChI=1S/C20H21ClF3N5O2/c1-19(2,30)12-6-8-28(9-7-12)16-15-11-25-29(17(15)27-18(21)26-16)13-4-3-5-14(10-13)31-20(22,23)24/h3-5,10-12,30H,6-9H2,1-2H3. The molecule has 31 heavy (non-hydrogen) atoms. The van der Waals surface area contributed by atoms with E-state index in [9.17, 15) is 18.3 Å². The van der Waals surface area contributed by atoms with Crippen LogP contribution in [0.15, 0.2) is 30.5 Å². The van der Waals surface area contributed by atoms with Crippen LogP contribution < -0.4 is 9.64 Å². The van der Waals surface area contributed by atoms with Crippen molar-refractivity contribution in [1.29, 1.82) is 0 Å². The highest BCUT2D eigenvalue weighted by Gasteiger charge is 2.32. The van der Waals surface area contributed by atoms with Crippen LogP contribution >= 0.6 is 11.6 Å². The molecule has 1 fully saturated rings. The van der Waals surface area contributed by atoms with Gasteiger partial charge >= 0.3 is 6.36 Å². The normalized spacial score (nSPS) is 16.2. The number of halogens is 4. The average molecular weight is 456 g/mol. The highest BCUT2D eigenvalue weighted by atomic mass is 35.5. The summed E-state index contributed by atoms with van der Waals surface area (Å²) in [5.41, 5.74) is -0.0268. The van der Waals surface area contributed by atoms with Crippen LogP contribution in [0.2, 0.25) is 5.28 Å². The molecule has 2 aromatic heterocycles. The van der Waals surface area contributed by atoms with E-state index < -0.39 is 12.0 Å². The van der Waals surface area contributed by atoms with Crippen LogP contribution in [0.3, 0.4) is 0 Å². The van der Waals surface area contributed by atoms with Gasteiger partial charge < -0.3 is 14.7 Å². The Morgan fingerprint density at radius 1 is 1.16 bits per heavy atom. The number of ether oxygens (including phenoxy) is 1. The van der Waals surface area contributed by atoms with Gasteiger partial charge in [0.2, 0.25) is 5.28 Å². The lowest BCUT2D eigenvalue weighted by Gasteiger charge is -2.38. The van der Waals surface area contributed by atoms with Crippen molar-refractivity contribution < 1.29 is 23.0 Å². The van der Waals surface area contributed by atoms with Crippen molar-refractivity contribution in [1.82, 2.24) is 19.7 Å². The van der Waals surface area contributed by atoms with Crippen molar-refractivity contribution in [2.45, 2.75) is 38.7 Å². The number of anilines is 1. The van der Waals surface area contributed by atoms with E-state index in [0.717, 1.165) is 12.8 Å². The number of benzene rings is 1. The first kappa shape index (κ1) is 21.6. The quantitative estimate of drug-likeness (QED) is 0.589. The summed E-state index contributed by atoms with van der Waals surface area (Å²) in [7, 11) is 0. The van der Waals surface area contributed by atoms with E-state index in [-0.39, 0.29) is 17.0 Å². The first-order valence-corrected chi connectivity index (χ1v) is 10.1. The molecule has 3 heterocycles. The van der Waals surface area contributed by atoms with Gasteiger partial charge in [-0.15, -0.1) is 13.2 Å². The number of fused-ring (bicyclic) bond motifs is 1. The molecule has 0 saturated carbocycles. The highest BCUT2D eigenvalue weighted by molar-refractivity contribution is 6.28. The molecule has 1 aliphatic rings. The molecule has 1 aliphatic heterocycles. The minimum Gasteiger partial charge on any atom is -0.406 e. The molecule has 0 bridgehead atoms. The Hall–Kier alpha value is -2.59. The number of alkyl halides is 3. The van der Waals surface area contributed by atoms with E-state index in [1.54, 1.807) is 12.3 Å². The zero-order valence-corrected chi connectivity index (χ0v) is 17.7. The summed E-state index contributed by atoms with van der Waals surface area (Å²) in [6.45, 7) is 4.98. The number of nitrogens with zero attached hydrogens (tertiary/aromatic N) is 5.